The standard InChI is InChI=1S/C23H25N3O4S2/c1-16-6-12-19(13-7-16)32(28,29)26-14-4-3-5-20(26)22(27)25-23-24-15-21(31-23)17-8-10-18(30-2)11-9-17/h6-13,15,20H,3-5,14H2,1-2H3,(H,24,25,27)/t20-/m1/s1. The smallest absolute Gasteiger partial charge is 0.244 e. The zero-order chi connectivity index (χ0) is 22.7. The van der Waals surface area contributed by atoms with Gasteiger partial charge in [0, 0.05) is 12.7 Å². The fourth-order valence-corrected chi connectivity index (χ4v) is 6.19. The van der Waals surface area contributed by atoms with Crippen LogP contribution in [0.1, 0.15) is 24.8 Å². The molecule has 1 fully saturated rings. The normalized spacial score (nSPS) is 17.1. The van der Waals surface area contributed by atoms with Crippen molar-refractivity contribution in [2.75, 3.05) is 19.0 Å². The van der Waals surface area contributed by atoms with E-state index < -0.39 is 16.1 Å². The van der Waals surface area contributed by atoms with Crippen LogP contribution in [0.5, 0.6) is 5.75 Å². The van der Waals surface area contributed by atoms with E-state index >= 15 is 0 Å². The Morgan fingerprint density at radius 2 is 1.84 bits per heavy atom. The first-order valence-electron chi connectivity index (χ1n) is 10.4. The van der Waals surface area contributed by atoms with Gasteiger partial charge >= 0.3 is 0 Å². The number of aryl methyl sites for hydroxylation is 1. The highest BCUT2D eigenvalue weighted by molar-refractivity contribution is 7.89. The molecule has 1 aromatic heterocycles. The van der Waals surface area contributed by atoms with Gasteiger partial charge in [0.05, 0.1) is 16.9 Å². The Labute approximate surface area is 192 Å². The summed E-state index contributed by atoms with van der Waals surface area (Å²) in [4.78, 5) is 18.5. The van der Waals surface area contributed by atoms with Crippen molar-refractivity contribution in [1.82, 2.24) is 9.29 Å². The van der Waals surface area contributed by atoms with Crippen LogP contribution in [0.2, 0.25) is 0 Å². The van der Waals surface area contributed by atoms with E-state index in [2.05, 4.69) is 10.3 Å². The second kappa shape index (κ2) is 9.40. The molecule has 1 aliphatic heterocycles. The minimum Gasteiger partial charge on any atom is -0.497 e. The van der Waals surface area contributed by atoms with Crippen LogP contribution in [-0.4, -0.2) is 43.3 Å². The fraction of sp³-hybridized carbons (Fsp3) is 0.304. The van der Waals surface area contributed by atoms with Crippen LogP contribution in [-0.2, 0) is 14.8 Å². The molecule has 7 nitrogen and oxygen atoms in total. The van der Waals surface area contributed by atoms with Crippen molar-refractivity contribution in [3.8, 4) is 16.2 Å². The molecular formula is C23H25N3O4S2. The highest BCUT2D eigenvalue weighted by atomic mass is 32.2. The summed E-state index contributed by atoms with van der Waals surface area (Å²) >= 11 is 1.35. The molecule has 1 amide bonds. The number of carbonyl (C=O) groups excluding carboxylic acids is 1. The monoisotopic (exact) mass is 471 g/mol. The molecule has 2 aromatic carbocycles. The molecule has 4 rings (SSSR count). The van der Waals surface area contributed by atoms with Gasteiger partial charge in [-0.2, -0.15) is 4.31 Å². The Kier molecular flexibility index (Phi) is 6.59. The van der Waals surface area contributed by atoms with Crippen molar-refractivity contribution in [1.29, 1.82) is 0 Å². The van der Waals surface area contributed by atoms with E-state index in [0.29, 0.717) is 18.1 Å². The molecule has 1 N–H and O–H groups in total. The number of nitrogens with zero attached hydrogens (tertiary/aromatic N) is 2. The number of hydrogen-bond donors (Lipinski definition) is 1. The summed E-state index contributed by atoms with van der Waals surface area (Å²) in [6, 6.07) is 13.5. The number of anilines is 1. The molecule has 32 heavy (non-hydrogen) atoms. The van der Waals surface area contributed by atoms with Crippen molar-refractivity contribution < 1.29 is 17.9 Å². The van der Waals surface area contributed by atoms with E-state index in [4.69, 9.17) is 4.74 Å². The SMILES string of the molecule is COc1ccc(-c2cnc(NC(=O)[C@H]3CCCCN3S(=O)(=O)c3ccc(C)cc3)s2)cc1. The van der Waals surface area contributed by atoms with Crippen LogP contribution in [0.3, 0.4) is 0 Å². The summed E-state index contributed by atoms with van der Waals surface area (Å²) in [5.74, 6) is 0.412. The number of amides is 1. The predicted octanol–water partition coefficient (Wildman–Crippen LogP) is 4.31. The third-order valence-electron chi connectivity index (χ3n) is 5.49. The quantitative estimate of drug-likeness (QED) is 0.579. The highest BCUT2D eigenvalue weighted by Crippen LogP contribution is 2.31. The van der Waals surface area contributed by atoms with Gasteiger partial charge in [0.15, 0.2) is 5.13 Å². The number of benzene rings is 2. The molecule has 168 valence electrons. The molecule has 0 saturated carbocycles. The van der Waals surface area contributed by atoms with Gasteiger partial charge in [-0.25, -0.2) is 13.4 Å². The van der Waals surface area contributed by atoms with Crippen LogP contribution in [0.15, 0.2) is 59.6 Å². The maximum Gasteiger partial charge on any atom is 0.244 e. The summed E-state index contributed by atoms with van der Waals surface area (Å²) in [6.45, 7) is 2.23. The molecule has 0 unspecified atom stereocenters. The van der Waals surface area contributed by atoms with Crippen LogP contribution in [0.25, 0.3) is 10.4 Å². The molecule has 1 atom stereocenters. The number of sulfonamides is 1. The average Bonchev–Trinajstić information content (AvgIpc) is 3.28. The van der Waals surface area contributed by atoms with Crippen molar-refractivity contribution in [2.24, 2.45) is 0 Å². The molecule has 0 radical (unpaired) electrons. The second-order valence-electron chi connectivity index (χ2n) is 7.69. The van der Waals surface area contributed by atoms with Gasteiger partial charge in [-0.1, -0.05) is 35.5 Å². The molecule has 2 heterocycles. The van der Waals surface area contributed by atoms with Crippen LogP contribution in [0.4, 0.5) is 5.13 Å². The number of methoxy groups -OCH3 is 1. The van der Waals surface area contributed by atoms with Crippen LogP contribution in [0, 0.1) is 6.92 Å². The zero-order valence-electron chi connectivity index (χ0n) is 17.9. The maximum atomic E-state index is 13.2. The second-order valence-corrected chi connectivity index (χ2v) is 10.6. The number of hydrogen-bond acceptors (Lipinski definition) is 6. The number of piperidine rings is 1. The Morgan fingerprint density at radius 3 is 2.53 bits per heavy atom. The van der Waals surface area contributed by atoms with E-state index in [9.17, 15) is 13.2 Å². The van der Waals surface area contributed by atoms with Crippen molar-refractivity contribution >= 4 is 32.4 Å². The zero-order valence-corrected chi connectivity index (χ0v) is 19.6. The number of nitrogens with one attached hydrogen (secondary N) is 1. The molecule has 1 saturated heterocycles. The highest BCUT2D eigenvalue weighted by Gasteiger charge is 2.37. The van der Waals surface area contributed by atoms with E-state index in [1.54, 1.807) is 37.6 Å². The van der Waals surface area contributed by atoms with Gasteiger partial charge < -0.3 is 10.1 Å². The molecule has 0 aliphatic carbocycles. The third kappa shape index (κ3) is 4.69. The lowest BCUT2D eigenvalue weighted by atomic mass is 10.0. The summed E-state index contributed by atoms with van der Waals surface area (Å²) in [5, 5.41) is 3.27. The van der Waals surface area contributed by atoms with E-state index in [1.807, 2.05) is 31.2 Å². The van der Waals surface area contributed by atoms with E-state index in [0.717, 1.165) is 34.6 Å². The number of carbonyl (C=O) groups is 1. The first-order chi connectivity index (χ1) is 15.4. The molecule has 1 aliphatic rings. The van der Waals surface area contributed by atoms with Crippen molar-refractivity contribution in [3.63, 3.8) is 0 Å². The molecule has 9 heteroatoms. The Balaban J connectivity index is 1.51. The number of ether oxygens (including phenoxy) is 1. The van der Waals surface area contributed by atoms with E-state index in [1.165, 1.54) is 15.6 Å². The average molecular weight is 472 g/mol. The van der Waals surface area contributed by atoms with Crippen molar-refractivity contribution in [2.45, 2.75) is 37.1 Å². The Morgan fingerprint density at radius 1 is 1.12 bits per heavy atom. The van der Waals surface area contributed by atoms with E-state index in [-0.39, 0.29) is 10.8 Å². The maximum absolute atomic E-state index is 13.2. The van der Waals surface area contributed by atoms with Gasteiger partial charge in [0.2, 0.25) is 15.9 Å². The first kappa shape index (κ1) is 22.4. The summed E-state index contributed by atoms with van der Waals surface area (Å²) in [5.41, 5.74) is 1.94. The van der Waals surface area contributed by atoms with Gasteiger partial charge in [-0.05, 0) is 61.7 Å². The number of aromatic nitrogens is 1. The predicted molar refractivity (Wildman–Crippen MR) is 125 cm³/mol. The minimum atomic E-state index is -3.77. The van der Waals surface area contributed by atoms with Crippen LogP contribution < -0.4 is 10.1 Å². The lowest BCUT2D eigenvalue weighted by Crippen LogP contribution is -2.49. The topological polar surface area (TPSA) is 88.6 Å². The fourth-order valence-electron chi connectivity index (χ4n) is 3.71. The summed E-state index contributed by atoms with van der Waals surface area (Å²) in [6.07, 6.45) is 3.71. The van der Waals surface area contributed by atoms with Gasteiger partial charge in [-0.15, -0.1) is 0 Å². The Bertz CT molecular complexity index is 1190. The van der Waals surface area contributed by atoms with Crippen LogP contribution >= 0.6 is 11.3 Å². The third-order valence-corrected chi connectivity index (χ3v) is 8.38. The Hall–Kier alpha value is -2.75. The molecule has 3 aromatic rings. The van der Waals surface area contributed by atoms with Gasteiger partial charge in [0.25, 0.3) is 0 Å². The lowest BCUT2D eigenvalue weighted by molar-refractivity contribution is -0.120. The minimum absolute atomic E-state index is 0.207. The molecular weight excluding hydrogens is 446 g/mol. The number of thiazole rings is 1. The lowest BCUT2D eigenvalue weighted by Gasteiger charge is -2.33. The largest absolute Gasteiger partial charge is 0.497 e. The number of rotatable bonds is 6. The molecule has 0 spiro atoms. The van der Waals surface area contributed by atoms with Gasteiger partial charge in [0.1, 0.15) is 11.8 Å². The summed E-state index contributed by atoms with van der Waals surface area (Å²) in [7, 11) is -2.15. The molecule has 0 bridgehead atoms. The summed E-state index contributed by atoms with van der Waals surface area (Å²) < 4.78 is 33.0. The first-order valence-corrected chi connectivity index (χ1v) is 12.6. The van der Waals surface area contributed by atoms with Gasteiger partial charge in [-0.3, -0.25) is 4.79 Å². The van der Waals surface area contributed by atoms with Crippen molar-refractivity contribution in [3.05, 3.63) is 60.3 Å².